The van der Waals surface area contributed by atoms with Crippen molar-refractivity contribution in [3.8, 4) is 0 Å². The molecule has 0 aromatic heterocycles. The second-order valence-electron chi connectivity index (χ2n) is 5.99. The maximum atomic E-state index is 12.5. The van der Waals surface area contributed by atoms with Crippen molar-refractivity contribution < 1.29 is 14.3 Å². The number of nitrogens with two attached hydrogens (primary N) is 1. The van der Waals surface area contributed by atoms with Crippen LogP contribution in [0.4, 0.5) is 0 Å². The zero-order valence-electron chi connectivity index (χ0n) is 16.5. The summed E-state index contributed by atoms with van der Waals surface area (Å²) < 4.78 is 10.3. The Balaban J connectivity index is 2.94. The number of methoxy groups -OCH3 is 2. The van der Waals surface area contributed by atoms with Gasteiger partial charge in [-0.15, -0.1) is 0 Å². The number of allylic oxidation sites excluding steroid dienone is 1. The number of aliphatic imine (C=N–C) groups is 1. The molecule has 0 saturated carbocycles. The quantitative estimate of drug-likeness (QED) is 0.341. The summed E-state index contributed by atoms with van der Waals surface area (Å²) in [5, 5.41) is 3.51. The maximum absolute atomic E-state index is 12.5. The Kier molecular flexibility index (Phi) is 10.7. The highest BCUT2D eigenvalue weighted by molar-refractivity contribution is 6.30. The molecular weight excluding hydrogens is 366 g/mol. The molecule has 1 aromatic rings. The van der Waals surface area contributed by atoms with Crippen LogP contribution in [0.5, 0.6) is 0 Å². The number of nitrogens with zero attached hydrogens (tertiary/aromatic N) is 1. The van der Waals surface area contributed by atoms with Crippen LogP contribution in [0, 0.1) is 0 Å². The van der Waals surface area contributed by atoms with E-state index in [9.17, 15) is 4.79 Å². The smallest absolute Gasteiger partial charge is 0.267 e. The number of carbonyl (C=O) groups excluding carboxylic acids is 1. The summed E-state index contributed by atoms with van der Waals surface area (Å²) >= 11 is 5.88. The van der Waals surface area contributed by atoms with Crippen molar-refractivity contribution in [3.05, 3.63) is 46.1 Å². The second-order valence-corrected chi connectivity index (χ2v) is 6.43. The van der Waals surface area contributed by atoms with Crippen molar-refractivity contribution in [3.63, 3.8) is 0 Å². The van der Waals surface area contributed by atoms with Crippen LogP contribution in [-0.2, 0) is 20.8 Å². The van der Waals surface area contributed by atoms with E-state index in [2.05, 4.69) is 10.3 Å². The number of carbonyl (C=O) groups is 1. The lowest BCUT2D eigenvalue weighted by molar-refractivity contribution is -0.117. The number of benzene rings is 1. The van der Waals surface area contributed by atoms with Gasteiger partial charge in [-0.2, -0.15) is 0 Å². The van der Waals surface area contributed by atoms with E-state index in [-0.39, 0.29) is 11.6 Å². The third kappa shape index (κ3) is 7.71. The molecule has 0 unspecified atom stereocenters. The van der Waals surface area contributed by atoms with Gasteiger partial charge in [0.25, 0.3) is 5.91 Å². The summed E-state index contributed by atoms with van der Waals surface area (Å²) in [4.78, 5) is 17.1. The first kappa shape index (κ1) is 23.1. The minimum Gasteiger partial charge on any atom is -0.394 e. The molecule has 27 heavy (non-hydrogen) atoms. The van der Waals surface area contributed by atoms with Crippen molar-refractivity contribution >= 4 is 23.2 Å². The van der Waals surface area contributed by atoms with Crippen molar-refractivity contribution in [1.82, 2.24) is 5.32 Å². The van der Waals surface area contributed by atoms with Gasteiger partial charge in [0.1, 0.15) is 5.70 Å². The molecule has 0 spiro atoms. The third-order valence-corrected chi connectivity index (χ3v) is 4.33. The topological polar surface area (TPSA) is 85.9 Å². The van der Waals surface area contributed by atoms with Crippen LogP contribution in [0.15, 0.2) is 40.5 Å². The molecule has 1 rings (SSSR count). The molecule has 0 atom stereocenters. The van der Waals surface area contributed by atoms with Crippen LogP contribution < -0.4 is 11.1 Å². The molecule has 150 valence electrons. The first-order valence-electron chi connectivity index (χ1n) is 9.07. The van der Waals surface area contributed by atoms with Gasteiger partial charge in [-0.05, 0) is 30.5 Å². The summed E-state index contributed by atoms with van der Waals surface area (Å²) in [5.74, 6) is -0.301. The Bertz CT molecular complexity index is 653. The molecule has 0 fully saturated rings. The van der Waals surface area contributed by atoms with Gasteiger partial charge in [-0.3, -0.25) is 9.79 Å². The lowest BCUT2D eigenvalue weighted by atomic mass is 10.0. The van der Waals surface area contributed by atoms with Gasteiger partial charge in [-0.25, -0.2) is 0 Å². The minimum absolute atomic E-state index is 0.206. The molecular formula is C20H30ClN3O3. The van der Waals surface area contributed by atoms with Gasteiger partial charge in [0.2, 0.25) is 0 Å². The average molecular weight is 396 g/mol. The highest BCUT2D eigenvalue weighted by atomic mass is 35.5. The fourth-order valence-electron chi connectivity index (χ4n) is 2.55. The van der Waals surface area contributed by atoms with E-state index in [4.69, 9.17) is 26.8 Å². The molecule has 0 bridgehead atoms. The van der Waals surface area contributed by atoms with E-state index in [1.165, 1.54) is 0 Å². The predicted molar refractivity (Wildman–Crippen MR) is 110 cm³/mol. The van der Waals surface area contributed by atoms with E-state index in [1.807, 2.05) is 26.0 Å². The highest BCUT2D eigenvalue weighted by Gasteiger charge is 2.16. The number of hydrogen-bond acceptors (Lipinski definition) is 5. The van der Waals surface area contributed by atoms with Gasteiger partial charge >= 0.3 is 0 Å². The Hall–Kier alpha value is -1.89. The van der Waals surface area contributed by atoms with Gasteiger partial charge in [0.15, 0.2) is 6.29 Å². The Labute approximate surface area is 166 Å². The molecule has 0 aliphatic heterocycles. The highest BCUT2D eigenvalue weighted by Crippen LogP contribution is 2.15. The second kappa shape index (κ2) is 12.5. The summed E-state index contributed by atoms with van der Waals surface area (Å²) in [5.41, 5.74) is 8.92. The monoisotopic (exact) mass is 395 g/mol. The molecule has 1 aromatic carbocycles. The van der Waals surface area contributed by atoms with E-state index >= 15 is 0 Å². The molecule has 0 aliphatic carbocycles. The summed E-state index contributed by atoms with van der Waals surface area (Å²) in [7, 11) is 3.13. The summed E-state index contributed by atoms with van der Waals surface area (Å²) in [6, 6.07) is 7.30. The lowest BCUT2D eigenvalue weighted by Crippen LogP contribution is -2.31. The van der Waals surface area contributed by atoms with Crippen LogP contribution in [0.3, 0.4) is 0 Å². The molecule has 3 N–H and O–H groups in total. The van der Waals surface area contributed by atoms with Crippen LogP contribution in [0.25, 0.3) is 0 Å². The van der Waals surface area contributed by atoms with Gasteiger partial charge < -0.3 is 20.5 Å². The molecule has 7 heteroatoms. The number of halogens is 1. The van der Waals surface area contributed by atoms with Crippen molar-refractivity contribution in [2.45, 2.75) is 45.9 Å². The fourth-order valence-corrected chi connectivity index (χ4v) is 2.68. The molecule has 0 aliphatic rings. The standard InChI is InChI=1S/C20H30ClN3O3/c1-5-7-16(17(6-2)23-13-18(26-3)27-4)19(22)20(25)24-12-14-8-10-15(21)11-9-14/h8-11,18H,5-7,12-13,22H2,1-4H3,(H,24,25)/b19-16-,23-17?. The zero-order chi connectivity index (χ0) is 20.2. The predicted octanol–water partition coefficient (Wildman–Crippen LogP) is 3.44. The van der Waals surface area contributed by atoms with Crippen LogP contribution in [0.2, 0.25) is 5.02 Å². The normalized spacial score (nSPS) is 12.9. The van der Waals surface area contributed by atoms with Crippen molar-refractivity contribution in [2.24, 2.45) is 10.7 Å². The minimum atomic E-state index is -0.422. The first-order valence-corrected chi connectivity index (χ1v) is 9.45. The molecule has 6 nitrogen and oxygen atoms in total. The summed E-state index contributed by atoms with van der Waals surface area (Å²) in [6.45, 7) is 4.76. The average Bonchev–Trinajstić information content (AvgIpc) is 2.69. The molecule has 1 amide bonds. The lowest BCUT2D eigenvalue weighted by Gasteiger charge is -2.16. The van der Waals surface area contributed by atoms with Crippen LogP contribution >= 0.6 is 11.6 Å². The Morgan fingerprint density at radius 2 is 1.85 bits per heavy atom. The number of ether oxygens (including phenoxy) is 2. The van der Waals surface area contributed by atoms with Gasteiger partial charge in [0, 0.05) is 37.1 Å². The number of rotatable bonds is 11. The van der Waals surface area contributed by atoms with Crippen molar-refractivity contribution in [1.29, 1.82) is 0 Å². The SMILES string of the molecule is CCC/C(C(CC)=NCC(OC)OC)=C(/N)C(=O)NCc1ccc(Cl)cc1. The molecule has 0 radical (unpaired) electrons. The number of hydrogen-bond donors (Lipinski definition) is 2. The van der Waals surface area contributed by atoms with E-state index in [0.717, 1.165) is 23.3 Å². The zero-order valence-corrected chi connectivity index (χ0v) is 17.3. The van der Waals surface area contributed by atoms with E-state index in [1.54, 1.807) is 26.4 Å². The molecule has 0 heterocycles. The number of amides is 1. The van der Waals surface area contributed by atoms with E-state index in [0.29, 0.717) is 31.0 Å². The Morgan fingerprint density at radius 3 is 2.37 bits per heavy atom. The van der Waals surface area contributed by atoms with Gasteiger partial charge in [0.05, 0.1) is 6.54 Å². The van der Waals surface area contributed by atoms with E-state index < -0.39 is 6.29 Å². The van der Waals surface area contributed by atoms with Gasteiger partial charge in [-0.1, -0.05) is 44.0 Å². The summed E-state index contributed by atoms with van der Waals surface area (Å²) in [6.07, 6.45) is 1.78. The third-order valence-electron chi connectivity index (χ3n) is 4.08. The Morgan fingerprint density at radius 1 is 1.22 bits per heavy atom. The first-order chi connectivity index (χ1) is 13.0. The van der Waals surface area contributed by atoms with Crippen LogP contribution in [0.1, 0.15) is 38.7 Å². The fraction of sp³-hybridized carbons (Fsp3) is 0.500. The maximum Gasteiger partial charge on any atom is 0.267 e. The number of nitrogens with one attached hydrogen (secondary N) is 1. The largest absolute Gasteiger partial charge is 0.394 e. The van der Waals surface area contributed by atoms with Crippen LogP contribution in [-0.4, -0.2) is 38.7 Å². The van der Waals surface area contributed by atoms with Crippen molar-refractivity contribution in [2.75, 3.05) is 20.8 Å². The molecule has 0 saturated heterocycles.